The lowest BCUT2D eigenvalue weighted by atomic mass is 9.88. The second kappa shape index (κ2) is 9.25. The summed E-state index contributed by atoms with van der Waals surface area (Å²) in [5.74, 6) is 1.15. The molecule has 164 valence electrons. The molecule has 0 radical (unpaired) electrons. The molecule has 1 saturated heterocycles. The van der Waals surface area contributed by atoms with Crippen LogP contribution in [0.1, 0.15) is 48.8 Å². The number of amides is 2. The molecule has 1 aliphatic heterocycles. The number of aryl methyl sites for hydroxylation is 1. The van der Waals surface area contributed by atoms with Gasteiger partial charge in [0.15, 0.2) is 0 Å². The van der Waals surface area contributed by atoms with Crippen LogP contribution in [0.4, 0.5) is 0 Å². The van der Waals surface area contributed by atoms with Gasteiger partial charge >= 0.3 is 0 Å². The number of hydrogen-bond acceptors (Lipinski definition) is 2. The first-order valence-electron chi connectivity index (χ1n) is 11.6. The standard InChI is InChI=1S/C27H34N2O2/c1-28(2)25(30)13-12-21-8-10-22(11-9-21)20-23-14-18-29(19-15-23)26(31)27(16-17-27)24-6-4-3-5-7-24/h3-11,23H,12-20H2,1-2H3. The Kier molecular flexibility index (Phi) is 6.45. The summed E-state index contributed by atoms with van der Waals surface area (Å²) in [7, 11) is 3.60. The van der Waals surface area contributed by atoms with Crippen molar-refractivity contribution >= 4 is 11.8 Å². The zero-order chi connectivity index (χ0) is 21.8. The first-order valence-corrected chi connectivity index (χ1v) is 11.6. The maximum absolute atomic E-state index is 13.2. The zero-order valence-corrected chi connectivity index (χ0v) is 18.8. The van der Waals surface area contributed by atoms with Crippen molar-refractivity contribution in [2.24, 2.45) is 5.92 Å². The number of carbonyl (C=O) groups is 2. The van der Waals surface area contributed by atoms with E-state index in [1.807, 2.05) is 18.2 Å². The van der Waals surface area contributed by atoms with Gasteiger partial charge in [-0.25, -0.2) is 0 Å². The van der Waals surface area contributed by atoms with Crippen LogP contribution in [0.15, 0.2) is 54.6 Å². The fraction of sp³-hybridized carbons (Fsp3) is 0.481. The van der Waals surface area contributed by atoms with Crippen molar-refractivity contribution in [2.75, 3.05) is 27.2 Å². The molecular formula is C27H34N2O2. The van der Waals surface area contributed by atoms with E-state index in [0.717, 1.165) is 51.6 Å². The van der Waals surface area contributed by atoms with E-state index in [9.17, 15) is 9.59 Å². The van der Waals surface area contributed by atoms with Crippen molar-refractivity contribution in [1.82, 2.24) is 9.80 Å². The summed E-state index contributed by atoms with van der Waals surface area (Å²) in [6.07, 6.45) is 6.56. The average molecular weight is 419 g/mol. The van der Waals surface area contributed by atoms with Crippen LogP contribution in [-0.2, 0) is 27.8 Å². The Bertz CT molecular complexity index is 893. The highest BCUT2D eigenvalue weighted by Crippen LogP contribution is 2.49. The second-order valence-corrected chi connectivity index (χ2v) is 9.49. The number of rotatable bonds is 7. The van der Waals surface area contributed by atoms with Crippen molar-refractivity contribution in [3.05, 3.63) is 71.3 Å². The average Bonchev–Trinajstić information content (AvgIpc) is 3.61. The Balaban J connectivity index is 1.26. The summed E-state index contributed by atoms with van der Waals surface area (Å²) in [4.78, 5) is 28.8. The predicted octanol–water partition coefficient (Wildman–Crippen LogP) is 4.22. The number of nitrogens with zero attached hydrogens (tertiary/aromatic N) is 2. The number of likely N-dealkylation sites (tertiary alicyclic amines) is 1. The minimum atomic E-state index is -0.238. The molecular weight excluding hydrogens is 384 g/mol. The van der Waals surface area contributed by atoms with E-state index < -0.39 is 0 Å². The van der Waals surface area contributed by atoms with Crippen LogP contribution in [0.3, 0.4) is 0 Å². The third kappa shape index (κ3) is 5.00. The monoisotopic (exact) mass is 418 g/mol. The SMILES string of the molecule is CN(C)C(=O)CCc1ccc(CC2CCN(C(=O)C3(c4ccccc4)CC3)CC2)cc1. The molecule has 31 heavy (non-hydrogen) atoms. The highest BCUT2D eigenvalue weighted by molar-refractivity contribution is 5.91. The quantitative estimate of drug-likeness (QED) is 0.675. The van der Waals surface area contributed by atoms with Gasteiger partial charge in [0.25, 0.3) is 0 Å². The number of piperidine rings is 1. The predicted molar refractivity (Wildman–Crippen MR) is 124 cm³/mol. The normalized spacial score (nSPS) is 17.9. The van der Waals surface area contributed by atoms with Crippen molar-refractivity contribution < 1.29 is 9.59 Å². The molecule has 2 fully saturated rings. The van der Waals surface area contributed by atoms with E-state index in [0.29, 0.717) is 18.2 Å². The molecule has 0 bridgehead atoms. The third-order valence-electron chi connectivity index (χ3n) is 7.06. The van der Waals surface area contributed by atoms with Crippen LogP contribution in [0.25, 0.3) is 0 Å². The van der Waals surface area contributed by atoms with E-state index >= 15 is 0 Å². The summed E-state index contributed by atoms with van der Waals surface area (Å²) in [5.41, 5.74) is 3.53. The van der Waals surface area contributed by atoms with Crippen molar-refractivity contribution in [3.8, 4) is 0 Å². The van der Waals surface area contributed by atoms with Gasteiger partial charge in [-0.1, -0.05) is 54.6 Å². The molecule has 4 nitrogen and oxygen atoms in total. The highest BCUT2D eigenvalue weighted by atomic mass is 16.2. The summed E-state index contributed by atoms with van der Waals surface area (Å²) in [5, 5.41) is 0. The fourth-order valence-electron chi connectivity index (χ4n) is 4.80. The zero-order valence-electron chi connectivity index (χ0n) is 18.8. The van der Waals surface area contributed by atoms with Gasteiger partial charge in [-0.3, -0.25) is 9.59 Å². The minimum Gasteiger partial charge on any atom is -0.349 e. The van der Waals surface area contributed by atoms with E-state index in [1.54, 1.807) is 19.0 Å². The summed E-state index contributed by atoms with van der Waals surface area (Å²) >= 11 is 0. The Labute approximate surface area is 186 Å². The maximum Gasteiger partial charge on any atom is 0.233 e. The molecule has 1 heterocycles. The van der Waals surface area contributed by atoms with Gasteiger partial charge in [0, 0.05) is 33.6 Å². The molecule has 1 saturated carbocycles. The summed E-state index contributed by atoms with van der Waals surface area (Å²) < 4.78 is 0. The Morgan fingerprint density at radius 2 is 1.55 bits per heavy atom. The van der Waals surface area contributed by atoms with E-state index in [1.165, 1.54) is 16.7 Å². The lowest BCUT2D eigenvalue weighted by molar-refractivity contribution is -0.135. The second-order valence-electron chi connectivity index (χ2n) is 9.49. The molecule has 0 atom stereocenters. The Hall–Kier alpha value is -2.62. The van der Waals surface area contributed by atoms with Crippen LogP contribution in [0.2, 0.25) is 0 Å². The molecule has 2 amide bonds. The molecule has 0 N–H and O–H groups in total. The molecule has 2 aliphatic rings. The summed E-state index contributed by atoms with van der Waals surface area (Å²) in [6.45, 7) is 1.76. The van der Waals surface area contributed by atoms with E-state index in [2.05, 4.69) is 41.3 Å². The molecule has 0 aromatic heterocycles. The fourth-order valence-corrected chi connectivity index (χ4v) is 4.80. The van der Waals surface area contributed by atoms with Gasteiger partial charge in [0.2, 0.25) is 11.8 Å². The van der Waals surface area contributed by atoms with E-state index in [4.69, 9.17) is 0 Å². The first-order chi connectivity index (χ1) is 15.0. The van der Waals surface area contributed by atoms with E-state index in [-0.39, 0.29) is 11.3 Å². The first kappa shape index (κ1) is 21.6. The topological polar surface area (TPSA) is 40.6 Å². The third-order valence-corrected chi connectivity index (χ3v) is 7.06. The number of benzene rings is 2. The minimum absolute atomic E-state index is 0.172. The van der Waals surface area contributed by atoms with Crippen molar-refractivity contribution in [3.63, 3.8) is 0 Å². The van der Waals surface area contributed by atoms with Gasteiger partial charge < -0.3 is 9.80 Å². The van der Waals surface area contributed by atoms with Gasteiger partial charge in [-0.05, 0) is 61.1 Å². The van der Waals surface area contributed by atoms with Crippen LogP contribution >= 0.6 is 0 Å². The lowest BCUT2D eigenvalue weighted by Gasteiger charge is -2.34. The molecule has 2 aromatic carbocycles. The largest absolute Gasteiger partial charge is 0.349 e. The van der Waals surface area contributed by atoms with Crippen LogP contribution < -0.4 is 0 Å². The molecule has 0 spiro atoms. The number of carbonyl (C=O) groups excluding carboxylic acids is 2. The number of hydrogen-bond donors (Lipinski definition) is 0. The van der Waals surface area contributed by atoms with Gasteiger partial charge in [0.1, 0.15) is 0 Å². The van der Waals surface area contributed by atoms with Crippen LogP contribution in [-0.4, -0.2) is 48.8 Å². The van der Waals surface area contributed by atoms with Crippen LogP contribution in [0.5, 0.6) is 0 Å². The van der Waals surface area contributed by atoms with Crippen molar-refractivity contribution in [1.29, 1.82) is 0 Å². The van der Waals surface area contributed by atoms with Gasteiger partial charge in [-0.15, -0.1) is 0 Å². The molecule has 1 aliphatic carbocycles. The maximum atomic E-state index is 13.2. The highest BCUT2D eigenvalue weighted by Gasteiger charge is 2.53. The van der Waals surface area contributed by atoms with Crippen molar-refractivity contribution in [2.45, 2.75) is 50.4 Å². The smallest absolute Gasteiger partial charge is 0.233 e. The molecule has 2 aromatic rings. The Morgan fingerprint density at radius 1 is 0.935 bits per heavy atom. The van der Waals surface area contributed by atoms with Gasteiger partial charge in [0.05, 0.1) is 5.41 Å². The molecule has 4 heteroatoms. The Morgan fingerprint density at radius 3 is 2.13 bits per heavy atom. The van der Waals surface area contributed by atoms with Crippen LogP contribution in [0, 0.1) is 5.92 Å². The lowest BCUT2D eigenvalue weighted by Crippen LogP contribution is -2.44. The molecule has 4 rings (SSSR count). The molecule has 0 unspecified atom stereocenters. The van der Waals surface area contributed by atoms with Gasteiger partial charge in [-0.2, -0.15) is 0 Å². The summed E-state index contributed by atoms with van der Waals surface area (Å²) in [6, 6.07) is 19.1.